The second kappa shape index (κ2) is 8.13. The van der Waals surface area contributed by atoms with Gasteiger partial charge in [0.1, 0.15) is 5.76 Å². The highest BCUT2D eigenvalue weighted by Crippen LogP contribution is 2.24. The second-order valence-electron chi connectivity index (χ2n) is 6.26. The zero-order valence-corrected chi connectivity index (χ0v) is 13.8. The summed E-state index contributed by atoms with van der Waals surface area (Å²) in [5.74, 6) is 0.0994. The van der Waals surface area contributed by atoms with E-state index in [9.17, 15) is 4.79 Å². The third-order valence-corrected chi connectivity index (χ3v) is 4.54. The van der Waals surface area contributed by atoms with Crippen molar-refractivity contribution in [1.29, 1.82) is 0 Å². The van der Waals surface area contributed by atoms with Crippen LogP contribution in [0.5, 0.6) is 0 Å². The number of nitrogens with zero attached hydrogens (tertiary/aromatic N) is 1. The molecular formula is C19H24N2O3. The number of rotatable bonds is 7. The number of furan rings is 1. The highest BCUT2D eigenvalue weighted by atomic mass is 16.4. The highest BCUT2D eigenvalue weighted by Gasteiger charge is 2.23. The minimum Gasteiger partial charge on any atom is -0.478 e. The number of carboxylic acid groups (broad SMARTS) is 1. The number of hydrogen-bond acceptors (Lipinski definition) is 4. The van der Waals surface area contributed by atoms with Gasteiger partial charge in [-0.15, -0.1) is 0 Å². The Morgan fingerprint density at radius 2 is 2.04 bits per heavy atom. The van der Waals surface area contributed by atoms with Crippen LogP contribution in [-0.4, -0.2) is 35.6 Å². The molecule has 128 valence electrons. The van der Waals surface area contributed by atoms with Gasteiger partial charge in [0, 0.05) is 13.1 Å². The van der Waals surface area contributed by atoms with E-state index < -0.39 is 5.97 Å². The molecule has 5 heteroatoms. The maximum Gasteiger partial charge on any atom is 0.335 e. The van der Waals surface area contributed by atoms with Gasteiger partial charge in [-0.25, -0.2) is 4.79 Å². The fraction of sp³-hybridized carbons (Fsp3) is 0.421. The van der Waals surface area contributed by atoms with E-state index in [2.05, 4.69) is 10.2 Å². The topological polar surface area (TPSA) is 65.7 Å². The SMILES string of the molecule is O=C(O)c1cccc(CNCC(c2ccco2)N2CCCCC2)c1. The lowest BCUT2D eigenvalue weighted by molar-refractivity contribution is 0.0696. The summed E-state index contributed by atoms with van der Waals surface area (Å²) in [5.41, 5.74) is 1.31. The molecule has 1 unspecified atom stereocenters. The number of nitrogens with one attached hydrogen (secondary N) is 1. The van der Waals surface area contributed by atoms with Crippen molar-refractivity contribution in [3.63, 3.8) is 0 Å². The third kappa shape index (κ3) is 4.24. The van der Waals surface area contributed by atoms with Gasteiger partial charge in [-0.1, -0.05) is 18.6 Å². The molecule has 1 fully saturated rings. The van der Waals surface area contributed by atoms with E-state index in [1.165, 1.54) is 19.3 Å². The highest BCUT2D eigenvalue weighted by molar-refractivity contribution is 5.87. The molecule has 1 atom stereocenters. The lowest BCUT2D eigenvalue weighted by atomic mass is 10.1. The molecule has 24 heavy (non-hydrogen) atoms. The second-order valence-corrected chi connectivity index (χ2v) is 6.26. The molecule has 0 aliphatic carbocycles. The van der Waals surface area contributed by atoms with Crippen molar-refractivity contribution in [3.8, 4) is 0 Å². The molecule has 0 saturated carbocycles. The van der Waals surface area contributed by atoms with Crippen molar-refractivity contribution in [2.75, 3.05) is 19.6 Å². The van der Waals surface area contributed by atoms with Crippen LogP contribution in [0, 0.1) is 0 Å². The van der Waals surface area contributed by atoms with Gasteiger partial charge in [0.15, 0.2) is 0 Å². The molecule has 0 radical (unpaired) electrons. The summed E-state index contributed by atoms with van der Waals surface area (Å²) in [6.45, 7) is 3.63. The van der Waals surface area contributed by atoms with Crippen molar-refractivity contribution in [3.05, 3.63) is 59.5 Å². The van der Waals surface area contributed by atoms with Crippen LogP contribution < -0.4 is 5.32 Å². The maximum atomic E-state index is 11.1. The zero-order valence-electron chi connectivity index (χ0n) is 13.8. The Labute approximate surface area is 142 Å². The predicted octanol–water partition coefficient (Wildman–Crippen LogP) is 3.29. The van der Waals surface area contributed by atoms with Crippen molar-refractivity contribution >= 4 is 5.97 Å². The fourth-order valence-corrected chi connectivity index (χ4v) is 3.29. The Morgan fingerprint density at radius 3 is 2.75 bits per heavy atom. The van der Waals surface area contributed by atoms with Crippen LogP contribution in [-0.2, 0) is 6.54 Å². The summed E-state index contributed by atoms with van der Waals surface area (Å²) < 4.78 is 5.64. The first-order valence-electron chi connectivity index (χ1n) is 8.54. The molecule has 1 saturated heterocycles. The molecule has 5 nitrogen and oxygen atoms in total. The first kappa shape index (κ1) is 16.7. The molecule has 1 aliphatic rings. The molecule has 0 bridgehead atoms. The van der Waals surface area contributed by atoms with Crippen molar-refractivity contribution in [2.24, 2.45) is 0 Å². The Balaban J connectivity index is 1.61. The molecule has 2 N–H and O–H groups in total. The number of aromatic carboxylic acids is 1. The van der Waals surface area contributed by atoms with E-state index >= 15 is 0 Å². The third-order valence-electron chi connectivity index (χ3n) is 4.54. The minimum absolute atomic E-state index is 0.225. The monoisotopic (exact) mass is 328 g/mol. The van der Waals surface area contributed by atoms with E-state index in [0.717, 1.165) is 31.0 Å². The van der Waals surface area contributed by atoms with Gasteiger partial charge in [-0.2, -0.15) is 0 Å². The standard InChI is InChI=1S/C19H24N2O3/c22-19(23)16-7-4-6-15(12-16)13-20-14-17(18-8-5-11-24-18)21-9-2-1-3-10-21/h4-8,11-12,17,20H,1-3,9-10,13-14H2,(H,22,23). The van der Waals surface area contributed by atoms with Gasteiger partial charge in [0.05, 0.1) is 17.9 Å². The fourth-order valence-electron chi connectivity index (χ4n) is 3.29. The van der Waals surface area contributed by atoms with Crippen molar-refractivity contribution in [1.82, 2.24) is 10.2 Å². The molecule has 2 aromatic rings. The summed E-state index contributed by atoms with van der Waals surface area (Å²) >= 11 is 0. The number of benzene rings is 1. The van der Waals surface area contributed by atoms with Gasteiger partial charge >= 0.3 is 5.97 Å². The van der Waals surface area contributed by atoms with Crippen LogP contribution in [0.25, 0.3) is 0 Å². The lowest BCUT2D eigenvalue weighted by Gasteiger charge is -2.33. The van der Waals surface area contributed by atoms with E-state index in [4.69, 9.17) is 9.52 Å². The molecule has 0 spiro atoms. The van der Waals surface area contributed by atoms with E-state index in [1.807, 2.05) is 18.2 Å². The van der Waals surface area contributed by atoms with E-state index in [1.54, 1.807) is 24.5 Å². The molecular weight excluding hydrogens is 304 g/mol. The number of carbonyl (C=O) groups is 1. The molecule has 3 rings (SSSR count). The molecule has 1 aromatic carbocycles. The first-order valence-corrected chi connectivity index (χ1v) is 8.54. The average Bonchev–Trinajstić information content (AvgIpc) is 3.14. The van der Waals surface area contributed by atoms with E-state index in [0.29, 0.717) is 12.1 Å². The van der Waals surface area contributed by atoms with E-state index in [-0.39, 0.29) is 6.04 Å². The minimum atomic E-state index is -0.890. The van der Waals surface area contributed by atoms with Crippen LogP contribution in [0.4, 0.5) is 0 Å². The first-order chi connectivity index (χ1) is 11.7. The summed E-state index contributed by atoms with van der Waals surface area (Å²) in [4.78, 5) is 13.5. The predicted molar refractivity (Wildman–Crippen MR) is 92.0 cm³/mol. The van der Waals surface area contributed by atoms with Crippen LogP contribution in [0.2, 0.25) is 0 Å². The van der Waals surface area contributed by atoms with Gasteiger partial charge in [-0.3, -0.25) is 4.90 Å². The molecule has 1 aliphatic heterocycles. The Bertz CT molecular complexity index is 648. The number of hydrogen-bond donors (Lipinski definition) is 2. The van der Waals surface area contributed by atoms with Crippen LogP contribution in [0.1, 0.15) is 47.0 Å². The number of piperidine rings is 1. The summed E-state index contributed by atoms with van der Waals surface area (Å²) in [5, 5.41) is 12.5. The van der Waals surface area contributed by atoms with Crippen molar-refractivity contribution in [2.45, 2.75) is 31.8 Å². The summed E-state index contributed by atoms with van der Waals surface area (Å²) in [6, 6.07) is 11.3. The van der Waals surface area contributed by atoms with Gasteiger partial charge in [0.25, 0.3) is 0 Å². The summed E-state index contributed by atoms with van der Waals surface area (Å²) in [6.07, 6.45) is 5.50. The van der Waals surface area contributed by atoms with Crippen LogP contribution >= 0.6 is 0 Å². The maximum absolute atomic E-state index is 11.1. The Morgan fingerprint density at radius 1 is 1.21 bits per heavy atom. The Kier molecular flexibility index (Phi) is 5.67. The van der Waals surface area contributed by atoms with Gasteiger partial charge < -0.3 is 14.8 Å². The molecule has 0 amide bonds. The smallest absolute Gasteiger partial charge is 0.335 e. The normalized spacial score (nSPS) is 16.8. The quantitative estimate of drug-likeness (QED) is 0.816. The van der Waals surface area contributed by atoms with Gasteiger partial charge in [0.2, 0.25) is 0 Å². The van der Waals surface area contributed by atoms with Gasteiger partial charge in [-0.05, 0) is 55.8 Å². The largest absolute Gasteiger partial charge is 0.478 e. The van der Waals surface area contributed by atoms with Crippen LogP contribution in [0.3, 0.4) is 0 Å². The number of carboxylic acids is 1. The summed E-state index contributed by atoms with van der Waals surface area (Å²) in [7, 11) is 0. The lowest BCUT2D eigenvalue weighted by Crippen LogP contribution is -2.38. The molecule has 2 heterocycles. The molecule has 1 aromatic heterocycles. The number of likely N-dealkylation sites (tertiary alicyclic amines) is 1. The van der Waals surface area contributed by atoms with Crippen LogP contribution in [0.15, 0.2) is 47.1 Å². The van der Waals surface area contributed by atoms with Crippen molar-refractivity contribution < 1.29 is 14.3 Å². The zero-order chi connectivity index (χ0) is 16.8. The average molecular weight is 328 g/mol. The Hall–Kier alpha value is -2.11.